The van der Waals surface area contributed by atoms with E-state index in [2.05, 4.69) is 35.8 Å². The third-order valence-corrected chi connectivity index (χ3v) is 4.59. The quantitative estimate of drug-likeness (QED) is 0.922. The molecule has 0 bridgehead atoms. The van der Waals surface area contributed by atoms with Gasteiger partial charge in [0.05, 0.1) is 6.54 Å². The average molecular weight is 302 g/mol. The van der Waals surface area contributed by atoms with E-state index in [1.54, 1.807) is 0 Å². The molecule has 22 heavy (non-hydrogen) atoms. The number of benzene rings is 1. The lowest BCUT2D eigenvalue weighted by Gasteiger charge is -2.43. The fourth-order valence-electron chi connectivity index (χ4n) is 3.50. The van der Waals surface area contributed by atoms with Gasteiger partial charge in [0.2, 0.25) is 0 Å². The van der Waals surface area contributed by atoms with Gasteiger partial charge < -0.3 is 9.52 Å². The second-order valence-electron chi connectivity index (χ2n) is 6.48. The molecule has 1 N–H and O–H groups in total. The molecule has 2 heterocycles. The highest BCUT2D eigenvalue weighted by Crippen LogP contribution is 2.22. The molecular formula is C18H26N2O2. The van der Waals surface area contributed by atoms with Gasteiger partial charge in [0.25, 0.3) is 0 Å². The molecule has 1 aliphatic heterocycles. The van der Waals surface area contributed by atoms with Crippen molar-refractivity contribution in [2.45, 2.75) is 38.9 Å². The standard InChI is InChI=1S/C18H26N2O2/c1-14(2)20-9-8-19(12-16(20)7-10-21)13-17-11-15-5-3-4-6-18(15)22-17/h3-6,11,14,16,21H,7-10,12-13H2,1-2H3. The van der Waals surface area contributed by atoms with Crippen molar-refractivity contribution in [3.63, 3.8) is 0 Å². The molecule has 1 aliphatic rings. The Morgan fingerprint density at radius 3 is 2.82 bits per heavy atom. The number of rotatable bonds is 5. The fraction of sp³-hybridized carbons (Fsp3) is 0.556. The molecule has 0 spiro atoms. The Morgan fingerprint density at radius 1 is 1.27 bits per heavy atom. The van der Waals surface area contributed by atoms with Crippen molar-refractivity contribution in [1.29, 1.82) is 0 Å². The molecule has 0 amide bonds. The summed E-state index contributed by atoms with van der Waals surface area (Å²) in [6.45, 7) is 8.68. The molecule has 4 heteroatoms. The highest BCUT2D eigenvalue weighted by atomic mass is 16.3. The summed E-state index contributed by atoms with van der Waals surface area (Å²) in [5.41, 5.74) is 0.963. The van der Waals surface area contributed by atoms with Crippen molar-refractivity contribution in [3.8, 4) is 0 Å². The maximum absolute atomic E-state index is 9.33. The van der Waals surface area contributed by atoms with Crippen LogP contribution in [0.1, 0.15) is 26.0 Å². The second-order valence-corrected chi connectivity index (χ2v) is 6.48. The first-order chi connectivity index (χ1) is 10.7. The Labute approximate surface area is 132 Å². The van der Waals surface area contributed by atoms with Crippen molar-refractivity contribution in [3.05, 3.63) is 36.1 Å². The first-order valence-electron chi connectivity index (χ1n) is 8.24. The van der Waals surface area contributed by atoms with Gasteiger partial charge in [-0.2, -0.15) is 0 Å². The summed E-state index contributed by atoms with van der Waals surface area (Å²) in [6, 6.07) is 11.3. The van der Waals surface area contributed by atoms with Crippen LogP contribution < -0.4 is 0 Å². The minimum Gasteiger partial charge on any atom is -0.460 e. The zero-order chi connectivity index (χ0) is 15.5. The largest absolute Gasteiger partial charge is 0.460 e. The van der Waals surface area contributed by atoms with Crippen LogP contribution >= 0.6 is 0 Å². The number of aliphatic hydroxyl groups excluding tert-OH is 1. The van der Waals surface area contributed by atoms with Crippen LogP contribution in [-0.2, 0) is 6.54 Å². The minimum atomic E-state index is 0.256. The van der Waals surface area contributed by atoms with E-state index in [4.69, 9.17) is 4.42 Å². The molecule has 4 nitrogen and oxygen atoms in total. The molecule has 0 radical (unpaired) electrons. The van der Waals surface area contributed by atoms with Gasteiger partial charge in [-0.1, -0.05) is 18.2 Å². The van der Waals surface area contributed by atoms with Crippen molar-refractivity contribution in [1.82, 2.24) is 9.80 Å². The van der Waals surface area contributed by atoms with Crippen molar-refractivity contribution < 1.29 is 9.52 Å². The molecule has 0 aliphatic carbocycles. The van der Waals surface area contributed by atoms with Crippen molar-refractivity contribution in [2.24, 2.45) is 0 Å². The fourth-order valence-corrected chi connectivity index (χ4v) is 3.50. The molecule has 1 unspecified atom stereocenters. The highest BCUT2D eigenvalue weighted by Gasteiger charge is 2.28. The zero-order valence-electron chi connectivity index (χ0n) is 13.5. The lowest BCUT2D eigenvalue weighted by Crippen LogP contribution is -2.55. The van der Waals surface area contributed by atoms with E-state index in [1.807, 2.05) is 18.2 Å². The number of nitrogens with zero attached hydrogens (tertiary/aromatic N) is 2. The van der Waals surface area contributed by atoms with E-state index in [-0.39, 0.29) is 6.61 Å². The summed E-state index contributed by atoms with van der Waals surface area (Å²) in [5.74, 6) is 1.03. The van der Waals surface area contributed by atoms with Crippen LogP contribution in [0.15, 0.2) is 34.7 Å². The third kappa shape index (κ3) is 3.35. The molecule has 120 valence electrons. The van der Waals surface area contributed by atoms with Gasteiger partial charge in [0, 0.05) is 43.7 Å². The molecule has 1 saturated heterocycles. The monoisotopic (exact) mass is 302 g/mol. The number of hydrogen-bond acceptors (Lipinski definition) is 4. The predicted octanol–water partition coefficient (Wildman–Crippen LogP) is 2.71. The highest BCUT2D eigenvalue weighted by molar-refractivity contribution is 5.77. The summed E-state index contributed by atoms with van der Waals surface area (Å²) < 4.78 is 5.94. The first-order valence-corrected chi connectivity index (χ1v) is 8.24. The van der Waals surface area contributed by atoms with E-state index in [1.165, 1.54) is 5.39 Å². The van der Waals surface area contributed by atoms with Crippen LogP contribution in [0.25, 0.3) is 11.0 Å². The van der Waals surface area contributed by atoms with Gasteiger partial charge in [-0.15, -0.1) is 0 Å². The molecule has 3 rings (SSSR count). The maximum Gasteiger partial charge on any atom is 0.134 e. The SMILES string of the molecule is CC(C)N1CCN(Cc2cc3ccccc3o2)CC1CCO. The first kappa shape index (κ1) is 15.5. The third-order valence-electron chi connectivity index (χ3n) is 4.59. The van der Waals surface area contributed by atoms with E-state index >= 15 is 0 Å². The lowest BCUT2D eigenvalue weighted by molar-refractivity contribution is 0.0325. The minimum absolute atomic E-state index is 0.256. The number of aliphatic hydroxyl groups is 1. The number of para-hydroxylation sites is 1. The molecule has 2 aromatic rings. The lowest BCUT2D eigenvalue weighted by atomic mass is 10.1. The summed E-state index contributed by atoms with van der Waals surface area (Å²) in [6.07, 6.45) is 0.842. The Hall–Kier alpha value is -1.36. The Morgan fingerprint density at radius 2 is 2.09 bits per heavy atom. The summed E-state index contributed by atoms with van der Waals surface area (Å²) in [4.78, 5) is 4.95. The van der Waals surface area contributed by atoms with Gasteiger partial charge in [-0.25, -0.2) is 0 Å². The number of piperazine rings is 1. The smallest absolute Gasteiger partial charge is 0.134 e. The van der Waals surface area contributed by atoms with Crippen LogP contribution in [0.5, 0.6) is 0 Å². The molecule has 0 saturated carbocycles. The normalized spacial score (nSPS) is 21.0. The Bertz CT molecular complexity index is 575. The van der Waals surface area contributed by atoms with Crippen LogP contribution in [0.3, 0.4) is 0 Å². The summed E-state index contributed by atoms with van der Waals surface area (Å²) in [7, 11) is 0. The molecule has 1 aromatic heterocycles. The molecular weight excluding hydrogens is 276 g/mol. The average Bonchev–Trinajstić information content (AvgIpc) is 2.89. The van der Waals surface area contributed by atoms with E-state index in [0.717, 1.165) is 43.9 Å². The molecule has 1 fully saturated rings. The van der Waals surface area contributed by atoms with E-state index in [9.17, 15) is 5.11 Å². The van der Waals surface area contributed by atoms with Gasteiger partial charge in [-0.3, -0.25) is 9.80 Å². The van der Waals surface area contributed by atoms with Gasteiger partial charge in [0.1, 0.15) is 11.3 Å². The Kier molecular flexibility index (Phi) is 4.81. The van der Waals surface area contributed by atoms with Crippen LogP contribution in [-0.4, -0.2) is 53.2 Å². The maximum atomic E-state index is 9.33. The van der Waals surface area contributed by atoms with Crippen LogP contribution in [0, 0.1) is 0 Å². The van der Waals surface area contributed by atoms with Crippen LogP contribution in [0.4, 0.5) is 0 Å². The van der Waals surface area contributed by atoms with Gasteiger partial charge >= 0.3 is 0 Å². The van der Waals surface area contributed by atoms with E-state index < -0.39 is 0 Å². The topological polar surface area (TPSA) is 39.9 Å². The van der Waals surface area contributed by atoms with Gasteiger partial charge in [0.15, 0.2) is 0 Å². The van der Waals surface area contributed by atoms with Crippen LogP contribution in [0.2, 0.25) is 0 Å². The van der Waals surface area contributed by atoms with Gasteiger partial charge in [-0.05, 0) is 32.4 Å². The molecule has 1 aromatic carbocycles. The van der Waals surface area contributed by atoms with Crippen molar-refractivity contribution in [2.75, 3.05) is 26.2 Å². The summed E-state index contributed by atoms with van der Waals surface area (Å²) >= 11 is 0. The Balaban J connectivity index is 1.67. The number of fused-ring (bicyclic) bond motifs is 1. The predicted molar refractivity (Wildman–Crippen MR) is 88.8 cm³/mol. The summed E-state index contributed by atoms with van der Waals surface area (Å²) in [5, 5.41) is 10.5. The van der Waals surface area contributed by atoms with Crippen molar-refractivity contribution >= 4 is 11.0 Å². The molecule has 1 atom stereocenters. The number of hydrogen-bond donors (Lipinski definition) is 1. The van der Waals surface area contributed by atoms with E-state index in [0.29, 0.717) is 12.1 Å². The second kappa shape index (κ2) is 6.82. The number of furan rings is 1. The zero-order valence-corrected chi connectivity index (χ0v) is 13.5.